The number of nitrogens with two attached hydrogens (primary N) is 1. The highest BCUT2D eigenvalue weighted by molar-refractivity contribution is 6.62. The molecule has 2 aliphatic rings. The van der Waals surface area contributed by atoms with Crippen molar-refractivity contribution in [1.29, 1.82) is 0 Å². The maximum absolute atomic E-state index is 6.25. The van der Waals surface area contributed by atoms with Crippen molar-refractivity contribution in [3.05, 3.63) is 29.8 Å². The molecule has 1 aromatic carbocycles. The molecule has 2 aliphatic heterocycles. The molecular formula is C17H28BN3O2. The van der Waals surface area contributed by atoms with E-state index in [0.717, 1.165) is 25.1 Å². The summed E-state index contributed by atoms with van der Waals surface area (Å²) in [5.41, 5.74) is 7.43. The second-order valence-electron chi connectivity index (χ2n) is 7.40. The topological polar surface area (TPSA) is 59.8 Å². The monoisotopic (exact) mass is 317 g/mol. The molecule has 2 saturated heterocycles. The molecule has 2 fully saturated rings. The molecule has 2 heterocycles. The average molecular weight is 317 g/mol. The highest BCUT2D eigenvalue weighted by atomic mass is 16.7. The summed E-state index contributed by atoms with van der Waals surface area (Å²) in [5, 5.41) is 3.57. The Morgan fingerprint density at radius 3 is 2.52 bits per heavy atom. The van der Waals surface area contributed by atoms with Crippen molar-refractivity contribution in [2.24, 2.45) is 5.73 Å². The molecule has 0 bridgehead atoms. The Kier molecular flexibility index (Phi) is 4.55. The smallest absolute Gasteiger partial charge is 0.399 e. The number of hydrogen-bond donors (Lipinski definition) is 2. The lowest BCUT2D eigenvalue weighted by Gasteiger charge is -2.32. The minimum Gasteiger partial charge on any atom is -0.399 e. The first-order valence-electron chi connectivity index (χ1n) is 8.48. The van der Waals surface area contributed by atoms with Crippen molar-refractivity contribution in [3.63, 3.8) is 0 Å². The van der Waals surface area contributed by atoms with Gasteiger partial charge in [-0.15, -0.1) is 0 Å². The largest absolute Gasteiger partial charge is 0.495 e. The van der Waals surface area contributed by atoms with E-state index in [1.807, 2.05) is 6.07 Å². The number of nitrogens with zero attached hydrogens (tertiary/aromatic N) is 1. The third-order valence-electron chi connectivity index (χ3n) is 5.32. The van der Waals surface area contributed by atoms with Gasteiger partial charge in [0.1, 0.15) is 0 Å². The van der Waals surface area contributed by atoms with Crippen molar-refractivity contribution in [1.82, 2.24) is 10.2 Å². The first kappa shape index (κ1) is 16.9. The van der Waals surface area contributed by atoms with Gasteiger partial charge in [-0.2, -0.15) is 0 Å². The zero-order chi connectivity index (χ0) is 16.7. The van der Waals surface area contributed by atoms with Crippen LogP contribution in [0.15, 0.2) is 24.3 Å². The standard InChI is InChI=1S/C17H28BN3O2/c1-16(2)17(3,4)23-18(22-16)14-8-6-5-7-13(14)15-20-10-12-21(15)11-9-19/h5-8,15,20H,9-12,19H2,1-4H3. The van der Waals surface area contributed by atoms with Crippen LogP contribution in [0.2, 0.25) is 0 Å². The normalized spacial score (nSPS) is 26.8. The van der Waals surface area contributed by atoms with Crippen molar-refractivity contribution >= 4 is 12.6 Å². The highest BCUT2D eigenvalue weighted by Gasteiger charge is 2.52. The molecule has 6 heteroatoms. The maximum Gasteiger partial charge on any atom is 0.495 e. The lowest BCUT2D eigenvalue weighted by Crippen LogP contribution is -2.41. The summed E-state index contributed by atoms with van der Waals surface area (Å²) in [6, 6.07) is 8.39. The summed E-state index contributed by atoms with van der Waals surface area (Å²) in [6.45, 7) is 11.9. The van der Waals surface area contributed by atoms with Crippen LogP contribution in [0, 0.1) is 0 Å². The summed E-state index contributed by atoms with van der Waals surface area (Å²) in [5.74, 6) is 0. The lowest BCUT2D eigenvalue weighted by molar-refractivity contribution is 0.00578. The summed E-state index contributed by atoms with van der Waals surface area (Å²) in [7, 11) is -0.335. The van der Waals surface area contributed by atoms with Crippen LogP contribution in [0.3, 0.4) is 0 Å². The summed E-state index contributed by atoms with van der Waals surface area (Å²) in [6.07, 6.45) is 0.175. The maximum atomic E-state index is 6.25. The fourth-order valence-electron chi connectivity index (χ4n) is 3.26. The predicted molar refractivity (Wildman–Crippen MR) is 93.5 cm³/mol. The molecule has 3 rings (SSSR count). The highest BCUT2D eigenvalue weighted by Crippen LogP contribution is 2.37. The number of rotatable bonds is 4. The second kappa shape index (κ2) is 6.18. The van der Waals surface area contributed by atoms with Crippen LogP contribution in [0.5, 0.6) is 0 Å². The third-order valence-corrected chi connectivity index (χ3v) is 5.32. The van der Waals surface area contributed by atoms with Crippen LogP contribution in [-0.2, 0) is 9.31 Å². The third kappa shape index (κ3) is 3.06. The quantitative estimate of drug-likeness (QED) is 0.806. The van der Waals surface area contributed by atoms with E-state index < -0.39 is 0 Å². The van der Waals surface area contributed by atoms with Gasteiger partial charge in [-0.3, -0.25) is 10.2 Å². The van der Waals surface area contributed by atoms with E-state index in [4.69, 9.17) is 15.0 Å². The zero-order valence-corrected chi connectivity index (χ0v) is 14.6. The van der Waals surface area contributed by atoms with E-state index in [1.54, 1.807) is 0 Å². The second-order valence-corrected chi connectivity index (χ2v) is 7.40. The van der Waals surface area contributed by atoms with Gasteiger partial charge in [0.05, 0.1) is 17.4 Å². The predicted octanol–water partition coefficient (Wildman–Crippen LogP) is 0.848. The van der Waals surface area contributed by atoms with Crippen LogP contribution in [0.25, 0.3) is 0 Å². The molecule has 0 aliphatic carbocycles. The molecule has 0 aromatic heterocycles. The van der Waals surface area contributed by atoms with Gasteiger partial charge in [0, 0.05) is 26.2 Å². The lowest BCUT2D eigenvalue weighted by atomic mass is 9.75. The average Bonchev–Trinajstić information content (AvgIpc) is 3.02. The van der Waals surface area contributed by atoms with Gasteiger partial charge in [0.25, 0.3) is 0 Å². The molecule has 23 heavy (non-hydrogen) atoms. The Morgan fingerprint density at radius 1 is 1.22 bits per heavy atom. The van der Waals surface area contributed by atoms with E-state index >= 15 is 0 Å². The molecule has 1 atom stereocenters. The van der Waals surface area contributed by atoms with E-state index in [9.17, 15) is 0 Å². The number of hydrogen-bond acceptors (Lipinski definition) is 5. The molecule has 0 radical (unpaired) electrons. The Hall–Kier alpha value is -0.915. The Labute approximate surface area is 139 Å². The summed E-state index contributed by atoms with van der Waals surface area (Å²) >= 11 is 0. The van der Waals surface area contributed by atoms with Crippen molar-refractivity contribution in [2.75, 3.05) is 26.2 Å². The van der Waals surface area contributed by atoms with Gasteiger partial charge in [0.15, 0.2) is 0 Å². The first-order valence-corrected chi connectivity index (χ1v) is 8.48. The molecule has 5 nitrogen and oxygen atoms in total. The van der Waals surface area contributed by atoms with E-state index in [0.29, 0.717) is 6.54 Å². The van der Waals surface area contributed by atoms with Crippen LogP contribution in [0.4, 0.5) is 0 Å². The van der Waals surface area contributed by atoms with Crippen LogP contribution in [-0.4, -0.2) is 49.4 Å². The Morgan fingerprint density at radius 2 is 1.87 bits per heavy atom. The fraction of sp³-hybridized carbons (Fsp3) is 0.647. The SMILES string of the molecule is CC1(C)OB(c2ccccc2C2NCCN2CCN)OC1(C)C. The van der Waals surface area contributed by atoms with Crippen LogP contribution < -0.4 is 16.5 Å². The molecule has 3 N–H and O–H groups in total. The zero-order valence-electron chi connectivity index (χ0n) is 14.6. The van der Waals surface area contributed by atoms with E-state index in [-0.39, 0.29) is 24.5 Å². The van der Waals surface area contributed by atoms with E-state index in [2.05, 4.69) is 56.1 Å². The van der Waals surface area contributed by atoms with Crippen LogP contribution >= 0.6 is 0 Å². The van der Waals surface area contributed by atoms with E-state index in [1.165, 1.54) is 5.56 Å². The summed E-state index contributed by atoms with van der Waals surface area (Å²) in [4.78, 5) is 2.38. The first-order chi connectivity index (χ1) is 10.9. The van der Waals surface area contributed by atoms with Crippen LogP contribution in [0.1, 0.15) is 39.4 Å². The van der Waals surface area contributed by atoms with Crippen molar-refractivity contribution in [2.45, 2.75) is 45.1 Å². The fourth-order valence-corrected chi connectivity index (χ4v) is 3.26. The van der Waals surface area contributed by atoms with Gasteiger partial charge in [-0.1, -0.05) is 24.3 Å². The molecule has 0 saturated carbocycles. The molecule has 1 aromatic rings. The van der Waals surface area contributed by atoms with Crippen molar-refractivity contribution in [3.8, 4) is 0 Å². The molecular weight excluding hydrogens is 289 g/mol. The number of benzene rings is 1. The molecule has 126 valence electrons. The Balaban J connectivity index is 1.90. The molecule has 0 spiro atoms. The van der Waals surface area contributed by atoms with Gasteiger partial charge in [-0.05, 0) is 38.7 Å². The number of nitrogens with one attached hydrogen (secondary N) is 1. The van der Waals surface area contributed by atoms with Gasteiger partial charge >= 0.3 is 7.12 Å². The van der Waals surface area contributed by atoms with Gasteiger partial charge in [-0.25, -0.2) is 0 Å². The minimum absolute atomic E-state index is 0.175. The summed E-state index contributed by atoms with van der Waals surface area (Å²) < 4.78 is 12.5. The molecule has 0 amide bonds. The van der Waals surface area contributed by atoms with Gasteiger partial charge in [0.2, 0.25) is 0 Å². The molecule has 1 unspecified atom stereocenters. The van der Waals surface area contributed by atoms with Crippen molar-refractivity contribution < 1.29 is 9.31 Å². The minimum atomic E-state index is -0.335. The van der Waals surface area contributed by atoms with Gasteiger partial charge < -0.3 is 15.0 Å². The Bertz CT molecular complexity index is 549.